The maximum Gasteiger partial charge on any atom is 0.144 e. The van der Waals surface area contributed by atoms with Crippen molar-refractivity contribution in [3.05, 3.63) is 12.9 Å². The Hall–Kier alpha value is 0.930. The average Bonchev–Trinajstić information content (AvgIpc) is 2.54. The van der Waals surface area contributed by atoms with Gasteiger partial charge in [0.05, 0.1) is 13.2 Å². The first-order valence-electron chi connectivity index (χ1n) is 4.71. The monoisotopic (exact) mass is 296 g/mol. The average molecular weight is 297 g/mol. The Morgan fingerprint density at radius 1 is 0.933 bits per heavy atom. The predicted octanol–water partition coefficient (Wildman–Crippen LogP) is 4.04. The molecule has 0 bridgehead atoms. The lowest BCUT2D eigenvalue weighted by molar-refractivity contribution is 0.167. The van der Waals surface area contributed by atoms with Crippen LogP contribution in [0.15, 0.2) is 0 Å². The first-order valence-corrected chi connectivity index (χ1v) is 9.06. The van der Waals surface area contributed by atoms with E-state index in [1.807, 2.05) is 23.5 Å². The van der Waals surface area contributed by atoms with Gasteiger partial charge in [-0.3, -0.25) is 0 Å². The number of rotatable bonds is 0. The van der Waals surface area contributed by atoms with Crippen LogP contribution in [0.4, 0.5) is 0 Å². The van der Waals surface area contributed by atoms with Gasteiger partial charge in [0.2, 0.25) is 0 Å². The van der Waals surface area contributed by atoms with E-state index in [-0.39, 0.29) is 0 Å². The van der Waals surface area contributed by atoms with E-state index in [2.05, 4.69) is 0 Å². The molecule has 0 unspecified atom stereocenters. The van der Waals surface area contributed by atoms with Crippen molar-refractivity contribution in [1.29, 1.82) is 0 Å². The highest BCUT2D eigenvalue weighted by molar-refractivity contribution is 7.99. The first kappa shape index (κ1) is 12.4. The van der Waals surface area contributed by atoms with Gasteiger partial charge in [-0.15, -0.1) is 22.7 Å². The Morgan fingerprint density at radius 2 is 1.47 bits per heavy atom. The molecule has 0 spiro atoms. The molecular weight excluding hydrogens is 284 g/mol. The minimum Gasteiger partial charge on any atom is -0.380 e. The maximum atomic E-state index is 5.51. The molecule has 0 saturated heterocycles. The van der Waals surface area contributed by atoms with Gasteiger partial charge >= 0.3 is 0 Å². The van der Waals surface area contributed by atoms with Gasteiger partial charge < -0.3 is 4.74 Å². The zero-order chi connectivity index (χ0) is 10.5. The standard InChI is InChI=1S/C9H12OS5/c11-9-14-7-5-12-3-1-10-2-4-13-6-8(7)15-9/h1-6H2. The van der Waals surface area contributed by atoms with E-state index in [0.717, 1.165) is 39.4 Å². The second-order valence-corrected chi connectivity index (χ2v) is 8.62. The summed E-state index contributed by atoms with van der Waals surface area (Å²) in [6.45, 7) is 1.77. The quantitative estimate of drug-likeness (QED) is 0.668. The lowest BCUT2D eigenvalue weighted by atomic mass is 10.5. The number of ether oxygens (including phenoxy) is 1. The molecule has 2 heterocycles. The van der Waals surface area contributed by atoms with Crippen LogP contribution in [0.1, 0.15) is 9.75 Å². The van der Waals surface area contributed by atoms with E-state index < -0.39 is 0 Å². The van der Waals surface area contributed by atoms with Gasteiger partial charge in [-0.2, -0.15) is 23.5 Å². The van der Waals surface area contributed by atoms with Crippen molar-refractivity contribution >= 4 is 58.4 Å². The Kier molecular flexibility index (Phi) is 5.46. The molecule has 0 atom stereocenters. The van der Waals surface area contributed by atoms with E-state index in [1.165, 1.54) is 9.75 Å². The van der Waals surface area contributed by atoms with Crippen LogP contribution in [0.25, 0.3) is 0 Å². The largest absolute Gasteiger partial charge is 0.380 e. The Morgan fingerprint density at radius 3 is 2.00 bits per heavy atom. The van der Waals surface area contributed by atoms with Gasteiger partial charge in [0, 0.05) is 32.8 Å². The molecule has 2 rings (SSSR count). The van der Waals surface area contributed by atoms with Gasteiger partial charge in [0.25, 0.3) is 0 Å². The molecule has 0 amide bonds. The molecule has 0 aliphatic carbocycles. The van der Waals surface area contributed by atoms with Crippen molar-refractivity contribution in [2.75, 3.05) is 24.7 Å². The van der Waals surface area contributed by atoms with Crippen LogP contribution in [-0.4, -0.2) is 24.7 Å². The normalized spacial score (nSPS) is 19.2. The topological polar surface area (TPSA) is 9.23 Å². The van der Waals surface area contributed by atoms with E-state index in [1.54, 1.807) is 22.7 Å². The highest BCUT2D eigenvalue weighted by Gasteiger charge is 2.08. The second kappa shape index (κ2) is 6.61. The first-order chi connectivity index (χ1) is 7.36. The zero-order valence-electron chi connectivity index (χ0n) is 8.19. The third-order valence-electron chi connectivity index (χ3n) is 1.93. The molecule has 0 saturated carbocycles. The fraction of sp³-hybridized carbons (Fsp3) is 0.667. The Labute approximate surface area is 112 Å². The van der Waals surface area contributed by atoms with Crippen LogP contribution in [0, 0.1) is 3.14 Å². The van der Waals surface area contributed by atoms with Gasteiger partial charge in [-0.05, 0) is 0 Å². The minimum absolute atomic E-state index is 0.885. The van der Waals surface area contributed by atoms with Gasteiger partial charge in [0.1, 0.15) is 3.14 Å². The minimum atomic E-state index is 0.885. The maximum absolute atomic E-state index is 5.51. The SMILES string of the molecule is S=c1sc2c(s1)CSCCOCCSC2. The predicted molar refractivity (Wildman–Crippen MR) is 76.2 cm³/mol. The molecule has 1 nitrogen and oxygen atoms in total. The molecule has 0 radical (unpaired) electrons. The number of hydrogen-bond acceptors (Lipinski definition) is 6. The fourth-order valence-corrected chi connectivity index (χ4v) is 6.25. The zero-order valence-corrected chi connectivity index (χ0v) is 12.3. The van der Waals surface area contributed by atoms with Crippen LogP contribution in [0.5, 0.6) is 0 Å². The molecule has 84 valence electrons. The summed E-state index contributed by atoms with van der Waals surface area (Å²) < 4.78 is 6.59. The molecule has 0 N–H and O–H groups in total. The van der Waals surface area contributed by atoms with Crippen molar-refractivity contribution in [2.45, 2.75) is 11.5 Å². The van der Waals surface area contributed by atoms with E-state index >= 15 is 0 Å². The van der Waals surface area contributed by atoms with Crippen molar-refractivity contribution < 1.29 is 4.74 Å². The number of fused-ring (bicyclic) bond motifs is 1. The molecule has 1 aromatic rings. The van der Waals surface area contributed by atoms with Crippen LogP contribution in [0.3, 0.4) is 0 Å². The van der Waals surface area contributed by atoms with Crippen LogP contribution < -0.4 is 0 Å². The lowest BCUT2D eigenvalue weighted by Crippen LogP contribution is -2.00. The molecule has 15 heavy (non-hydrogen) atoms. The van der Waals surface area contributed by atoms with Crippen molar-refractivity contribution in [3.8, 4) is 0 Å². The third kappa shape index (κ3) is 4.02. The number of hydrogen-bond donors (Lipinski definition) is 0. The van der Waals surface area contributed by atoms with Crippen LogP contribution in [0.2, 0.25) is 0 Å². The fourth-order valence-electron chi connectivity index (χ4n) is 1.22. The summed E-state index contributed by atoms with van der Waals surface area (Å²) in [5.74, 6) is 4.41. The molecule has 1 aliphatic heterocycles. The molecular formula is C9H12OS5. The Balaban J connectivity index is 2.07. The Bertz CT molecular complexity index is 325. The molecule has 0 fully saturated rings. The summed E-state index contributed by atoms with van der Waals surface area (Å²) in [6, 6.07) is 0. The van der Waals surface area contributed by atoms with E-state index in [0.29, 0.717) is 0 Å². The summed E-state index contributed by atoms with van der Waals surface area (Å²) in [6.07, 6.45) is 0. The van der Waals surface area contributed by atoms with Gasteiger partial charge in [-0.1, -0.05) is 12.2 Å². The molecule has 1 aliphatic rings. The van der Waals surface area contributed by atoms with Crippen LogP contribution in [-0.2, 0) is 16.2 Å². The van der Waals surface area contributed by atoms with Gasteiger partial charge in [-0.25, -0.2) is 0 Å². The summed E-state index contributed by atoms with van der Waals surface area (Å²) in [5, 5.41) is 0. The van der Waals surface area contributed by atoms with E-state index in [9.17, 15) is 0 Å². The second-order valence-electron chi connectivity index (χ2n) is 3.02. The smallest absolute Gasteiger partial charge is 0.144 e. The summed E-state index contributed by atoms with van der Waals surface area (Å²) in [7, 11) is 0. The highest BCUT2D eigenvalue weighted by Crippen LogP contribution is 2.31. The van der Waals surface area contributed by atoms with E-state index in [4.69, 9.17) is 17.0 Å². The lowest BCUT2D eigenvalue weighted by Gasteiger charge is -2.00. The van der Waals surface area contributed by atoms with Crippen LogP contribution >= 0.6 is 58.4 Å². The van der Waals surface area contributed by atoms with Crippen molar-refractivity contribution in [3.63, 3.8) is 0 Å². The van der Waals surface area contributed by atoms with Gasteiger partial charge in [0.15, 0.2) is 0 Å². The summed E-state index contributed by atoms with van der Waals surface area (Å²) >= 11 is 12.8. The van der Waals surface area contributed by atoms with Crippen molar-refractivity contribution in [2.24, 2.45) is 0 Å². The molecule has 0 aromatic carbocycles. The molecule has 6 heteroatoms. The number of thioether (sulfide) groups is 2. The molecule has 1 aromatic heterocycles. The van der Waals surface area contributed by atoms with Crippen molar-refractivity contribution in [1.82, 2.24) is 0 Å². The highest BCUT2D eigenvalue weighted by atomic mass is 32.2. The summed E-state index contributed by atoms with van der Waals surface area (Å²) in [5.41, 5.74) is 0. The third-order valence-corrected chi connectivity index (χ3v) is 6.93. The summed E-state index contributed by atoms with van der Waals surface area (Å²) in [4.78, 5) is 2.98.